The van der Waals surface area contributed by atoms with Crippen LogP contribution < -0.4 is 10.2 Å². The van der Waals surface area contributed by atoms with Crippen molar-refractivity contribution in [3.63, 3.8) is 0 Å². The number of carbonyl (C=O) groups excluding carboxylic acids is 2. The molecule has 0 spiro atoms. The standard InChI is InChI=1S/2C9H5Cl2NO2.Zn/c2*10-5-1-4-2-8(9(13)14)12-7(4)3-6(5)11;/h2*1-3,12H,(H,13,14);/q;;+2/p-2. The van der Waals surface area contributed by atoms with Gasteiger partial charge < -0.3 is 29.8 Å². The van der Waals surface area contributed by atoms with Gasteiger partial charge in [0.1, 0.15) is 0 Å². The summed E-state index contributed by atoms with van der Waals surface area (Å²) in [5, 5.41) is 24.0. The van der Waals surface area contributed by atoms with Crippen LogP contribution in [0.1, 0.15) is 21.0 Å². The molecule has 0 unspecified atom stereocenters. The monoisotopic (exact) mass is 520 g/mol. The first-order chi connectivity index (χ1) is 13.2. The molecule has 0 aliphatic heterocycles. The minimum absolute atomic E-state index is 0. The van der Waals surface area contributed by atoms with Gasteiger partial charge in [0.15, 0.2) is 0 Å². The number of benzene rings is 2. The van der Waals surface area contributed by atoms with Gasteiger partial charge in [0.05, 0.1) is 43.4 Å². The average Bonchev–Trinajstić information content (AvgIpc) is 3.20. The molecule has 29 heavy (non-hydrogen) atoms. The van der Waals surface area contributed by atoms with Gasteiger partial charge in [-0.25, -0.2) is 0 Å². The van der Waals surface area contributed by atoms with Crippen molar-refractivity contribution in [2.45, 2.75) is 0 Å². The molecule has 0 aliphatic carbocycles. The minimum Gasteiger partial charge on any atom is -0.543 e. The number of hydrogen-bond acceptors (Lipinski definition) is 4. The maximum atomic E-state index is 10.5. The average molecular weight is 523 g/mol. The molecular weight excluding hydrogens is 515 g/mol. The summed E-state index contributed by atoms with van der Waals surface area (Å²) >= 11 is 23.1. The number of aromatic carboxylic acids is 2. The third-order valence-corrected chi connectivity index (χ3v) is 5.21. The zero-order valence-electron chi connectivity index (χ0n) is 14.3. The number of aromatic amines is 2. The van der Waals surface area contributed by atoms with Gasteiger partial charge in [0.2, 0.25) is 0 Å². The molecule has 2 aromatic carbocycles. The van der Waals surface area contributed by atoms with E-state index < -0.39 is 11.9 Å². The largest absolute Gasteiger partial charge is 2.00 e. The molecule has 0 saturated carbocycles. The molecule has 4 aromatic rings. The smallest absolute Gasteiger partial charge is 0.543 e. The molecule has 0 atom stereocenters. The van der Waals surface area contributed by atoms with E-state index in [4.69, 9.17) is 46.4 Å². The number of hydrogen-bond donors (Lipinski definition) is 2. The van der Waals surface area contributed by atoms with Crippen LogP contribution in [0.25, 0.3) is 21.8 Å². The Morgan fingerprint density at radius 3 is 1.24 bits per heavy atom. The maximum Gasteiger partial charge on any atom is 2.00 e. The van der Waals surface area contributed by atoms with Crippen molar-refractivity contribution in [1.29, 1.82) is 0 Å². The third-order valence-electron chi connectivity index (χ3n) is 3.76. The second-order valence-electron chi connectivity index (χ2n) is 5.65. The Morgan fingerprint density at radius 2 is 0.931 bits per heavy atom. The summed E-state index contributed by atoms with van der Waals surface area (Å²) in [6, 6.07) is 9.25. The van der Waals surface area contributed by atoms with Crippen LogP contribution in [0.5, 0.6) is 0 Å². The number of nitrogens with one attached hydrogen (secondary N) is 2. The van der Waals surface area contributed by atoms with E-state index in [1.54, 1.807) is 24.3 Å². The molecule has 0 aliphatic rings. The molecule has 2 N–H and O–H groups in total. The van der Waals surface area contributed by atoms with Crippen LogP contribution >= 0.6 is 46.4 Å². The fourth-order valence-electron chi connectivity index (χ4n) is 2.47. The second kappa shape index (κ2) is 9.37. The number of carboxylic acids is 2. The van der Waals surface area contributed by atoms with E-state index in [2.05, 4.69) is 9.97 Å². The third kappa shape index (κ3) is 5.24. The molecule has 2 aromatic heterocycles. The molecule has 144 valence electrons. The predicted molar refractivity (Wildman–Crippen MR) is 105 cm³/mol. The Balaban J connectivity index is 0.000000200. The Labute approximate surface area is 196 Å². The predicted octanol–water partition coefficient (Wildman–Crippen LogP) is 3.67. The molecule has 0 fully saturated rings. The van der Waals surface area contributed by atoms with Crippen molar-refractivity contribution in [3.8, 4) is 0 Å². The van der Waals surface area contributed by atoms with Crippen LogP contribution in [-0.2, 0) is 19.5 Å². The van der Waals surface area contributed by atoms with E-state index in [1.165, 1.54) is 12.1 Å². The van der Waals surface area contributed by atoms with Gasteiger partial charge in [-0.3, -0.25) is 0 Å². The number of H-pyrrole nitrogens is 2. The fourth-order valence-corrected chi connectivity index (χ4v) is 3.14. The molecule has 0 saturated heterocycles. The minimum atomic E-state index is -1.26. The van der Waals surface area contributed by atoms with Crippen LogP contribution in [0.15, 0.2) is 36.4 Å². The number of halogens is 4. The van der Waals surface area contributed by atoms with Crippen molar-refractivity contribution in [2.24, 2.45) is 0 Å². The zero-order valence-corrected chi connectivity index (χ0v) is 20.3. The Bertz CT molecular complexity index is 1060. The summed E-state index contributed by atoms with van der Waals surface area (Å²) < 4.78 is 0. The summed E-state index contributed by atoms with van der Waals surface area (Å²) in [5.41, 5.74) is 1.27. The quantitative estimate of drug-likeness (QED) is 0.391. The van der Waals surface area contributed by atoms with Crippen molar-refractivity contribution >= 4 is 80.1 Å². The normalized spacial score (nSPS) is 10.3. The van der Waals surface area contributed by atoms with E-state index in [0.717, 1.165) is 0 Å². The van der Waals surface area contributed by atoms with E-state index >= 15 is 0 Å². The molecule has 0 amide bonds. The number of aromatic nitrogens is 2. The maximum absolute atomic E-state index is 10.5. The number of carbonyl (C=O) groups is 2. The van der Waals surface area contributed by atoms with Crippen LogP contribution in [-0.4, -0.2) is 21.9 Å². The van der Waals surface area contributed by atoms with E-state index in [-0.39, 0.29) is 30.9 Å². The van der Waals surface area contributed by atoms with Gasteiger partial charge in [-0.15, -0.1) is 0 Å². The van der Waals surface area contributed by atoms with Crippen molar-refractivity contribution < 1.29 is 39.3 Å². The van der Waals surface area contributed by atoms with E-state index in [9.17, 15) is 19.8 Å². The summed E-state index contributed by atoms with van der Waals surface area (Å²) in [7, 11) is 0. The van der Waals surface area contributed by atoms with Crippen molar-refractivity contribution in [1.82, 2.24) is 9.97 Å². The van der Waals surface area contributed by atoms with Gasteiger partial charge >= 0.3 is 19.5 Å². The molecule has 0 bridgehead atoms. The van der Waals surface area contributed by atoms with Crippen LogP contribution in [0.3, 0.4) is 0 Å². The number of rotatable bonds is 2. The zero-order chi connectivity index (χ0) is 20.6. The Hall–Kier alpha value is -1.76. The molecule has 4 rings (SSSR count). The molecule has 6 nitrogen and oxygen atoms in total. The van der Waals surface area contributed by atoms with Crippen molar-refractivity contribution in [2.75, 3.05) is 0 Å². The SMILES string of the molecule is O=C([O-])c1cc2cc(Cl)c(Cl)cc2[nH]1.O=C([O-])c1cc2cc(Cl)c(Cl)cc2[nH]1.[Zn+2]. The molecule has 2 heterocycles. The van der Waals surface area contributed by atoms with Crippen LogP contribution in [0.4, 0.5) is 0 Å². The van der Waals surface area contributed by atoms with Gasteiger partial charge in [-0.05, 0) is 36.4 Å². The summed E-state index contributed by atoms with van der Waals surface area (Å²) in [4.78, 5) is 26.4. The van der Waals surface area contributed by atoms with Gasteiger partial charge in [0, 0.05) is 21.8 Å². The number of carboxylic acid groups (broad SMARTS) is 2. The van der Waals surface area contributed by atoms with E-state index in [0.29, 0.717) is 41.9 Å². The topological polar surface area (TPSA) is 112 Å². The first-order valence-electron chi connectivity index (χ1n) is 7.54. The molecule has 0 radical (unpaired) electrons. The fraction of sp³-hybridized carbons (Fsp3) is 0. The van der Waals surface area contributed by atoms with Gasteiger partial charge in [0.25, 0.3) is 0 Å². The van der Waals surface area contributed by atoms with Crippen LogP contribution in [0.2, 0.25) is 20.1 Å². The van der Waals surface area contributed by atoms with Gasteiger partial charge in [-0.1, -0.05) is 46.4 Å². The van der Waals surface area contributed by atoms with Gasteiger partial charge in [-0.2, -0.15) is 0 Å². The summed E-state index contributed by atoms with van der Waals surface area (Å²) in [6.07, 6.45) is 0. The molecule has 11 heteroatoms. The Kier molecular flexibility index (Phi) is 7.60. The first-order valence-corrected chi connectivity index (χ1v) is 9.05. The summed E-state index contributed by atoms with van der Waals surface area (Å²) in [6.45, 7) is 0. The first kappa shape index (κ1) is 23.5. The second-order valence-corrected chi connectivity index (χ2v) is 7.28. The summed E-state index contributed by atoms with van der Waals surface area (Å²) in [5.74, 6) is -2.51. The Morgan fingerprint density at radius 1 is 0.621 bits per heavy atom. The van der Waals surface area contributed by atoms with Crippen molar-refractivity contribution in [3.05, 3.63) is 67.9 Å². The van der Waals surface area contributed by atoms with E-state index in [1.807, 2.05) is 0 Å². The molecular formula is C18H8Cl4N2O4Zn. The van der Waals surface area contributed by atoms with Crippen LogP contribution in [0, 0.1) is 0 Å². The number of fused-ring (bicyclic) bond motifs is 2.